The monoisotopic (exact) mass is 588 g/mol. The van der Waals surface area contributed by atoms with Gasteiger partial charge in [-0.3, -0.25) is 0 Å². The molecule has 228 valence electrons. The highest BCUT2D eigenvalue weighted by Crippen LogP contribution is 2.26. The third kappa shape index (κ3) is 14.9. The fraction of sp³-hybridized carbons (Fsp3) is 0.333. The molecule has 0 atom stereocenters. The van der Waals surface area contributed by atoms with Crippen LogP contribution in [0.4, 0.5) is 4.39 Å². The molecule has 2 aromatic rings. The molecule has 7 heteroatoms. The second kappa shape index (κ2) is 21.3. The van der Waals surface area contributed by atoms with E-state index in [0.29, 0.717) is 44.2 Å². The Labute approximate surface area is 254 Å². The van der Waals surface area contributed by atoms with E-state index in [1.165, 1.54) is 12.1 Å². The van der Waals surface area contributed by atoms with Gasteiger partial charge in [-0.1, -0.05) is 55.3 Å². The highest BCUT2D eigenvalue weighted by molar-refractivity contribution is 5.81. The van der Waals surface area contributed by atoms with Crippen LogP contribution in [0.15, 0.2) is 91.6 Å². The lowest BCUT2D eigenvalue weighted by Crippen LogP contribution is -2.03. The zero-order valence-corrected chi connectivity index (χ0v) is 24.9. The number of esters is 2. The quantitative estimate of drug-likeness (QED) is 0.0555. The molecule has 0 aromatic heterocycles. The largest absolute Gasteiger partial charge is 0.494 e. The van der Waals surface area contributed by atoms with Crippen molar-refractivity contribution in [2.75, 3.05) is 33.0 Å². The SMILES string of the molecule is C=CC(=O)OCCCCCCOc1ccc(-c2ccc(C#CC(/C=C\COCCCCOC(=O)C=C)=C/C)cc2F)cc1. The van der Waals surface area contributed by atoms with E-state index in [0.717, 1.165) is 61.5 Å². The summed E-state index contributed by atoms with van der Waals surface area (Å²) in [5, 5.41) is 0. The molecule has 0 saturated heterocycles. The minimum atomic E-state index is -0.415. The summed E-state index contributed by atoms with van der Waals surface area (Å²) in [4.78, 5) is 22.0. The Kier molecular flexibility index (Phi) is 17.2. The molecule has 0 amide bonds. The van der Waals surface area contributed by atoms with Gasteiger partial charge < -0.3 is 18.9 Å². The predicted octanol–water partition coefficient (Wildman–Crippen LogP) is 7.54. The standard InChI is InChI=1S/C36H41FO6/c1-4-29(14-13-24-40-23-11-12-27-43-36(39)6-3)15-16-30-17-22-33(34(37)28-30)31-18-20-32(21-19-31)41-25-9-7-8-10-26-42-35(38)5-2/h4-6,13-14,17-22,28H,2-3,7-12,23-27H2,1H3/b14-13-,29-4+. The van der Waals surface area contributed by atoms with Gasteiger partial charge in [-0.05, 0) is 81.4 Å². The maximum Gasteiger partial charge on any atom is 0.330 e. The topological polar surface area (TPSA) is 71.1 Å². The van der Waals surface area contributed by atoms with Crippen LogP contribution in [0.2, 0.25) is 0 Å². The zero-order chi connectivity index (χ0) is 31.1. The summed E-state index contributed by atoms with van der Waals surface area (Å²) in [5.41, 5.74) is 2.64. The summed E-state index contributed by atoms with van der Waals surface area (Å²) in [6, 6.07) is 12.3. The summed E-state index contributed by atoms with van der Waals surface area (Å²) in [7, 11) is 0. The van der Waals surface area contributed by atoms with Gasteiger partial charge in [0.05, 0.1) is 26.4 Å². The number of halogens is 1. The molecule has 0 N–H and O–H groups in total. The van der Waals surface area contributed by atoms with Gasteiger partial charge in [-0.2, -0.15) is 0 Å². The molecular formula is C36H41FO6. The second-order valence-electron chi connectivity index (χ2n) is 9.40. The van der Waals surface area contributed by atoms with Gasteiger partial charge in [-0.25, -0.2) is 14.0 Å². The van der Waals surface area contributed by atoms with Crippen molar-refractivity contribution in [3.8, 4) is 28.7 Å². The van der Waals surface area contributed by atoms with E-state index in [2.05, 4.69) is 25.0 Å². The average molecular weight is 589 g/mol. The lowest BCUT2D eigenvalue weighted by molar-refractivity contribution is -0.138. The average Bonchev–Trinajstić information content (AvgIpc) is 3.03. The first-order chi connectivity index (χ1) is 21.0. The first-order valence-corrected chi connectivity index (χ1v) is 14.5. The Balaban J connectivity index is 1.74. The van der Waals surface area contributed by atoms with Crippen LogP contribution in [-0.4, -0.2) is 45.0 Å². The van der Waals surface area contributed by atoms with Gasteiger partial charge in [0.2, 0.25) is 0 Å². The number of carbonyl (C=O) groups is 2. The van der Waals surface area contributed by atoms with Crippen LogP contribution in [0.3, 0.4) is 0 Å². The molecular weight excluding hydrogens is 547 g/mol. The summed E-state index contributed by atoms with van der Waals surface area (Å²) >= 11 is 0. The van der Waals surface area contributed by atoms with E-state index in [4.69, 9.17) is 18.9 Å². The van der Waals surface area contributed by atoms with Crippen LogP contribution in [0, 0.1) is 17.7 Å². The number of carbonyl (C=O) groups excluding carboxylic acids is 2. The van der Waals surface area contributed by atoms with Crippen molar-refractivity contribution in [3.05, 3.63) is 103 Å². The van der Waals surface area contributed by atoms with Gasteiger partial charge in [0, 0.05) is 35.5 Å². The summed E-state index contributed by atoms with van der Waals surface area (Å²) < 4.78 is 36.2. The number of allylic oxidation sites excluding steroid dienone is 3. The molecule has 0 unspecified atom stereocenters. The fourth-order valence-electron chi connectivity index (χ4n) is 3.76. The maximum atomic E-state index is 14.9. The molecule has 0 radical (unpaired) electrons. The molecule has 43 heavy (non-hydrogen) atoms. The van der Waals surface area contributed by atoms with Crippen LogP contribution in [0.25, 0.3) is 11.1 Å². The van der Waals surface area contributed by atoms with Crippen molar-refractivity contribution in [2.45, 2.75) is 45.4 Å². The van der Waals surface area contributed by atoms with E-state index in [1.807, 2.05) is 49.4 Å². The van der Waals surface area contributed by atoms with Crippen LogP contribution in [0.1, 0.15) is 51.0 Å². The first-order valence-electron chi connectivity index (χ1n) is 14.5. The Bertz CT molecular complexity index is 1300. The van der Waals surface area contributed by atoms with Crippen LogP contribution >= 0.6 is 0 Å². The maximum absolute atomic E-state index is 14.9. The van der Waals surface area contributed by atoms with E-state index < -0.39 is 11.9 Å². The number of hydrogen-bond donors (Lipinski definition) is 0. The van der Waals surface area contributed by atoms with E-state index in [1.54, 1.807) is 12.1 Å². The van der Waals surface area contributed by atoms with E-state index in [9.17, 15) is 14.0 Å². The molecule has 0 aliphatic rings. The van der Waals surface area contributed by atoms with Gasteiger partial charge in [0.15, 0.2) is 0 Å². The van der Waals surface area contributed by atoms with Gasteiger partial charge in [-0.15, -0.1) is 0 Å². The van der Waals surface area contributed by atoms with Crippen LogP contribution in [0.5, 0.6) is 5.75 Å². The number of benzene rings is 2. The first kappa shape index (κ1) is 34.8. The van der Waals surface area contributed by atoms with Crippen LogP contribution < -0.4 is 4.74 Å². The van der Waals surface area contributed by atoms with E-state index in [-0.39, 0.29) is 5.82 Å². The Morgan fingerprint density at radius 3 is 2.09 bits per heavy atom. The minimum absolute atomic E-state index is 0.343. The minimum Gasteiger partial charge on any atom is -0.494 e. The molecule has 0 aliphatic carbocycles. The molecule has 6 nitrogen and oxygen atoms in total. The normalized spacial score (nSPS) is 11.0. The Hall–Kier alpha value is -4.41. The van der Waals surface area contributed by atoms with Gasteiger partial charge in [0.1, 0.15) is 11.6 Å². The van der Waals surface area contributed by atoms with Crippen molar-refractivity contribution in [2.24, 2.45) is 0 Å². The van der Waals surface area contributed by atoms with Crippen molar-refractivity contribution < 1.29 is 32.9 Å². The number of rotatable bonds is 19. The van der Waals surface area contributed by atoms with E-state index >= 15 is 0 Å². The number of ether oxygens (including phenoxy) is 4. The lowest BCUT2D eigenvalue weighted by atomic mass is 10.0. The van der Waals surface area contributed by atoms with Gasteiger partial charge >= 0.3 is 11.9 Å². The Morgan fingerprint density at radius 1 is 0.837 bits per heavy atom. The fourth-order valence-corrected chi connectivity index (χ4v) is 3.76. The summed E-state index contributed by atoms with van der Waals surface area (Å²) in [6.07, 6.45) is 13.1. The number of hydrogen-bond acceptors (Lipinski definition) is 6. The molecule has 2 aromatic carbocycles. The lowest BCUT2D eigenvalue weighted by Gasteiger charge is -2.08. The van der Waals surface area contributed by atoms with Crippen molar-refractivity contribution in [1.29, 1.82) is 0 Å². The molecule has 0 spiro atoms. The summed E-state index contributed by atoms with van der Waals surface area (Å²) in [5.74, 6) is 5.67. The number of unbranched alkanes of at least 4 members (excludes halogenated alkanes) is 4. The third-order valence-corrected chi connectivity index (χ3v) is 6.12. The zero-order valence-electron chi connectivity index (χ0n) is 24.9. The van der Waals surface area contributed by atoms with Crippen molar-refractivity contribution in [1.82, 2.24) is 0 Å². The smallest absolute Gasteiger partial charge is 0.330 e. The molecule has 0 bridgehead atoms. The van der Waals surface area contributed by atoms with Crippen LogP contribution in [-0.2, 0) is 23.8 Å². The molecule has 0 saturated carbocycles. The molecule has 2 rings (SSSR count). The second-order valence-corrected chi connectivity index (χ2v) is 9.40. The van der Waals surface area contributed by atoms with Crippen molar-refractivity contribution in [3.63, 3.8) is 0 Å². The summed E-state index contributed by atoms with van der Waals surface area (Å²) in [6.45, 7) is 11.0. The highest BCUT2D eigenvalue weighted by atomic mass is 19.1. The third-order valence-electron chi connectivity index (χ3n) is 6.12. The highest BCUT2D eigenvalue weighted by Gasteiger charge is 2.06. The Morgan fingerprint density at radius 2 is 1.47 bits per heavy atom. The predicted molar refractivity (Wildman–Crippen MR) is 168 cm³/mol. The molecule has 0 heterocycles. The van der Waals surface area contributed by atoms with Gasteiger partial charge in [0.25, 0.3) is 0 Å². The molecule has 0 aliphatic heterocycles. The molecule has 0 fully saturated rings. The van der Waals surface area contributed by atoms with Crippen molar-refractivity contribution >= 4 is 11.9 Å².